The van der Waals surface area contributed by atoms with Crippen molar-refractivity contribution in [2.45, 2.75) is 88.9 Å². The maximum Gasteiger partial charge on any atom is 0.0893 e. The summed E-state index contributed by atoms with van der Waals surface area (Å²) in [6.45, 7) is 16.3. The molecule has 0 N–H and O–H groups in total. The number of epoxide rings is 1. The molecule has 0 bridgehead atoms. The lowest BCUT2D eigenvalue weighted by atomic mass is 10.1. The average Bonchev–Trinajstić information content (AvgIpc) is 2.94. The normalized spacial score (nSPS) is 36.6. The van der Waals surface area contributed by atoms with E-state index in [9.17, 15) is 0 Å². The summed E-state index contributed by atoms with van der Waals surface area (Å²) in [5.74, 6) is 0.582. The van der Waals surface area contributed by atoms with Gasteiger partial charge in [-0.25, -0.2) is 0 Å². The standard InChI is InChI=1S/C15H30O2S/c1-9(2)18(10(3)4,11(5)6)17-13-8-14-15(16-14)12(13)7/h9-15H,8H2,1-7H3. The van der Waals surface area contributed by atoms with Gasteiger partial charge in [0.15, 0.2) is 0 Å². The zero-order valence-electron chi connectivity index (χ0n) is 13.0. The van der Waals surface area contributed by atoms with Crippen LogP contribution in [0.3, 0.4) is 0 Å². The summed E-state index contributed by atoms with van der Waals surface area (Å²) in [6.07, 6.45) is 2.55. The van der Waals surface area contributed by atoms with Gasteiger partial charge >= 0.3 is 0 Å². The maximum absolute atomic E-state index is 6.80. The first-order valence-corrected chi connectivity index (χ1v) is 9.19. The lowest BCUT2D eigenvalue weighted by Crippen LogP contribution is -2.35. The predicted octanol–water partition coefficient (Wildman–Crippen LogP) is 4.12. The Kier molecular flexibility index (Phi) is 4.07. The minimum absolute atomic E-state index is 0.427. The number of fused-ring (bicyclic) bond motifs is 1. The van der Waals surface area contributed by atoms with Gasteiger partial charge in [-0.3, -0.25) is 0 Å². The van der Waals surface area contributed by atoms with Crippen LogP contribution in [0, 0.1) is 5.92 Å². The molecule has 1 aliphatic heterocycles. The number of ether oxygens (including phenoxy) is 1. The molecule has 3 heteroatoms. The van der Waals surface area contributed by atoms with Crippen LogP contribution in [0.1, 0.15) is 54.9 Å². The molecule has 2 aliphatic rings. The van der Waals surface area contributed by atoms with Gasteiger partial charge in [0.1, 0.15) is 0 Å². The monoisotopic (exact) mass is 274 g/mol. The van der Waals surface area contributed by atoms with Crippen LogP contribution in [0.15, 0.2) is 0 Å². The lowest BCUT2D eigenvalue weighted by Gasteiger charge is -2.52. The predicted molar refractivity (Wildman–Crippen MR) is 80.3 cm³/mol. The highest BCUT2D eigenvalue weighted by atomic mass is 32.3. The summed E-state index contributed by atoms with van der Waals surface area (Å²) in [5.41, 5.74) is 0. The van der Waals surface area contributed by atoms with Gasteiger partial charge in [0.2, 0.25) is 0 Å². The van der Waals surface area contributed by atoms with Crippen LogP contribution in [0.5, 0.6) is 0 Å². The van der Waals surface area contributed by atoms with Crippen molar-refractivity contribution in [2.24, 2.45) is 5.92 Å². The summed E-state index contributed by atoms with van der Waals surface area (Å²) in [7, 11) is -1.02. The topological polar surface area (TPSA) is 21.8 Å². The second-order valence-electron chi connectivity index (χ2n) is 6.71. The van der Waals surface area contributed by atoms with Gasteiger partial charge in [0.05, 0.1) is 18.3 Å². The molecule has 0 spiro atoms. The van der Waals surface area contributed by atoms with Gasteiger partial charge in [0.25, 0.3) is 0 Å². The van der Waals surface area contributed by atoms with E-state index in [1.54, 1.807) is 0 Å². The van der Waals surface area contributed by atoms with Crippen molar-refractivity contribution in [2.75, 3.05) is 0 Å². The van der Waals surface area contributed by atoms with Gasteiger partial charge in [-0.05, 0) is 0 Å². The molecule has 18 heavy (non-hydrogen) atoms. The summed E-state index contributed by atoms with van der Waals surface area (Å²) in [4.78, 5) is 0. The van der Waals surface area contributed by atoms with E-state index in [2.05, 4.69) is 48.5 Å². The van der Waals surface area contributed by atoms with E-state index in [1.807, 2.05) is 0 Å². The van der Waals surface area contributed by atoms with E-state index in [4.69, 9.17) is 8.92 Å². The number of rotatable bonds is 5. The van der Waals surface area contributed by atoms with Crippen molar-refractivity contribution in [3.8, 4) is 0 Å². The van der Waals surface area contributed by atoms with Gasteiger partial charge in [0, 0.05) is 28.1 Å². The molecule has 2 nitrogen and oxygen atoms in total. The van der Waals surface area contributed by atoms with Gasteiger partial charge in [-0.2, -0.15) is 0 Å². The molecule has 0 aromatic carbocycles. The molecule has 4 unspecified atom stereocenters. The lowest BCUT2D eigenvalue weighted by molar-refractivity contribution is 0.115. The molecule has 1 heterocycles. The third kappa shape index (κ3) is 2.23. The minimum atomic E-state index is -1.02. The highest BCUT2D eigenvalue weighted by Crippen LogP contribution is 2.64. The molecule has 2 fully saturated rings. The Balaban J connectivity index is 2.14. The molecular weight excluding hydrogens is 244 g/mol. The van der Waals surface area contributed by atoms with E-state index in [1.165, 1.54) is 0 Å². The first-order valence-electron chi connectivity index (χ1n) is 7.44. The van der Waals surface area contributed by atoms with Crippen molar-refractivity contribution in [3.63, 3.8) is 0 Å². The molecule has 1 saturated heterocycles. The smallest absolute Gasteiger partial charge is 0.0893 e. The zero-order chi connectivity index (χ0) is 13.7. The van der Waals surface area contributed by atoms with E-state index in [-0.39, 0.29) is 0 Å². The van der Waals surface area contributed by atoms with Crippen LogP contribution in [0.2, 0.25) is 0 Å². The summed E-state index contributed by atoms with van der Waals surface area (Å²) in [5, 5.41) is 1.88. The molecule has 0 amide bonds. The van der Waals surface area contributed by atoms with Gasteiger partial charge < -0.3 is 8.92 Å². The van der Waals surface area contributed by atoms with Crippen LogP contribution >= 0.6 is 10.3 Å². The van der Waals surface area contributed by atoms with Crippen molar-refractivity contribution in [1.29, 1.82) is 0 Å². The Morgan fingerprint density at radius 3 is 1.83 bits per heavy atom. The van der Waals surface area contributed by atoms with Crippen LogP contribution in [0.25, 0.3) is 0 Å². The van der Waals surface area contributed by atoms with Gasteiger partial charge in [-0.15, -0.1) is 10.3 Å². The van der Waals surface area contributed by atoms with Crippen LogP contribution in [-0.4, -0.2) is 34.1 Å². The average molecular weight is 274 g/mol. The summed E-state index contributed by atoms with van der Waals surface area (Å²) >= 11 is 0. The Morgan fingerprint density at radius 2 is 1.50 bits per heavy atom. The Morgan fingerprint density at radius 1 is 1.00 bits per heavy atom. The van der Waals surface area contributed by atoms with E-state index in [0.717, 1.165) is 6.42 Å². The van der Waals surface area contributed by atoms with Crippen molar-refractivity contribution in [1.82, 2.24) is 0 Å². The fourth-order valence-electron chi connectivity index (χ4n) is 3.77. The number of hydrogen-bond donors (Lipinski definition) is 0. The number of hydrogen-bond acceptors (Lipinski definition) is 2. The molecular formula is C15H30O2S. The second-order valence-corrected chi connectivity index (χ2v) is 11.1. The fourth-order valence-corrected chi connectivity index (χ4v) is 8.39. The van der Waals surface area contributed by atoms with Gasteiger partial charge in [-0.1, -0.05) is 48.5 Å². The van der Waals surface area contributed by atoms with E-state index < -0.39 is 10.3 Å². The quantitative estimate of drug-likeness (QED) is 0.703. The highest BCUT2D eigenvalue weighted by molar-refractivity contribution is 8.31. The molecule has 4 atom stereocenters. The molecule has 1 saturated carbocycles. The molecule has 1 aliphatic carbocycles. The van der Waals surface area contributed by atoms with Crippen LogP contribution < -0.4 is 0 Å². The fraction of sp³-hybridized carbons (Fsp3) is 1.00. The largest absolute Gasteiger partial charge is 0.369 e. The zero-order valence-corrected chi connectivity index (χ0v) is 13.8. The first kappa shape index (κ1) is 14.7. The second kappa shape index (κ2) is 4.99. The SMILES string of the molecule is CC1C(OS(C(C)C)(C(C)C)C(C)C)CC2OC21. The van der Waals surface area contributed by atoms with Crippen molar-refractivity contribution in [3.05, 3.63) is 0 Å². The van der Waals surface area contributed by atoms with E-state index >= 15 is 0 Å². The molecule has 0 radical (unpaired) electrons. The molecule has 0 aromatic heterocycles. The summed E-state index contributed by atoms with van der Waals surface area (Å²) < 4.78 is 12.4. The molecule has 0 aromatic rings. The highest BCUT2D eigenvalue weighted by Gasteiger charge is 2.56. The molecule has 2 rings (SSSR count). The first-order chi connectivity index (χ1) is 8.30. The maximum atomic E-state index is 6.80. The third-order valence-corrected chi connectivity index (χ3v) is 9.69. The van der Waals surface area contributed by atoms with Crippen LogP contribution in [-0.2, 0) is 8.92 Å². The Bertz CT molecular complexity index is 279. The third-order valence-electron chi connectivity index (χ3n) is 4.69. The Labute approximate surface area is 114 Å². The molecule has 108 valence electrons. The summed E-state index contributed by atoms with van der Waals surface area (Å²) in [6, 6.07) is 0. The van der Waals surface area contributed by atoms with E-state index in [0.29, 0.717) is 40.0 Å². The van der Waals surface area contributed by atoms with Crippen LogP contribution in [0.4, 0.5) is 0 Å². The van der Waals surface area contributed by atoms with Crippen molar-refractivity contribution < 1.29 is 8.92 Å². The van der Waals surface area contributed by atoms with Crippen molar-refractivity contribution >= 4 is 10.3 Å². The minimum Gasteiger partial charge on any atom is -0.369 e. The Hall–Kier alpha value is 0.270.